The maximum atomic E-state index is 12.6. The summed E-state index contributed by atoms with van der Waals surface area (Å²) in [5.41, 5.74) is 1.23. The molecule has 164 valence electrons. The van der Waals surface area contributed by atoms with Crippen LogP contribution in [0.15, 0.2) is 4.79 Å². The van der Waals surface area contributed by atoms with Crippen molar-refractivity contribution in [2.75, 3.05) is 26.2 Å². The van der Waals surface area contributed by atoms with Crippen molar-refractivity contribution >= 4 is 27.5 Å². The van der Waals surface area contributed by atoms with E-state index in [1.54, 1.807) is 11.3 Å². The van der Waals surface area contributed by atoms with Gasteiger partial charge in [-0.2, -0.15) is 0 Å². The molecule has 2 aromatic rings. The lowest BCUT2D eigenvalue weighted by atomic mass is 9.96. The number of nitrogens with zero attached hydrogens (tertiary/aromatic N) is 2. The van der Waals surface area contributed by atoms with Crippen molar-refractivity contribution in [1.82, 2.24) is 20.2 Å². The second-order valence-corrected chi connectivity index (χ2v) is 9.75. The second kappa shape index (κ2) is 9.58. The highest BCUT2D eigenvalue weighted by atomic mass is 32.1. The molecule has 0 bridgehead atoms. The van der Waals surface area contributed by atoms with Crippen LogP contribution in [0.1, 0.15) is 55.8 Å². The average Bonchev–Trinajstić information content (AvgIpc) is 3.28. The van der Waals surface area contributed by atoms with E-state index in [2.05, 4.69) is 15.2 Å². The summed E-state index contributed by atoms with van der Waals surface area (Å²) in [6.07, 6.45) is 5.98. The van der Waals surface area contributed by atoms with E-state index in [1.807, 2.05) is 13.8 Å². The molecule has 2 aromatic heterocycles. The van der Waals surface area contributed by atoms with Gasteiger partial charge in [0.05, 0.1) is 18.0 Å². The zero-order chi connectivity index (χ0) is 21.1. The van der Waals surface area contributed by atoms with Crippen LogP contribution in [0.25, 0.3) is 10.2 Å². The van der Waals surface area contributed by atoms with Gasteiger partial charge in [-0.05, 0) is 71.0 Å². The standard InChI is InChI=1S/C22H32N4O3S/c1-14(2)29-12-4-9-23-20(27)15-7-10-26(11-8-15)13-18-24-21(28)19-16-5-3-6-17(16)30-22(19)25-18/h14-15H,3-13H2,1-2H3,(H,23,27)(H,24,25,28). The summed E-state index contributed by atoms with van der Waals surface area (Å²) in [6.45, 7) is 7.70. The summed E-state index contributed by atoms with van der Waals surface area (Å²) in [5, 5.41) is 3.85. The highest BCUT2D eigenvalue weighted by Crippen LogP contribution is 2.34. The first kappa shape index (κ1) is 21.5. The normalized spacial score (nSPS) is 17.7. The van der Waals surface area contributed by atoms with E-state index in [0.29, 0.717) is 19.7 Å². The SMILES string of the molecule is CC(C)OCCCNC(=O)C1CCN(Cc2nc3sc4c(c3c(=O)[nH]2)CCC4)CC1. The summed E-state index contributed by atoms with van der Waals surface area (Å²) in [6, 6.07) is 0. The topological polar surface area (TPSA) is 87.3 Å². The third-order valence-corrected chi connectivity index (χ3v) is 7.21. The molecule has 0 radical (unpaired) electrons. The number of aromatic amines is 1. The van der Waals surface area contributed by atoms with Gasteiger partial charge in [-0.1, -0.05) is 0 Å². The van der Waals surface area contributed by atoms with Gasteiger partial charge in [0, 0.05) is 23.9 Å². The molecule has 2 aliphatic rings. The maximum Gasteiger partial charge on any atom is 0.259 e. The van der Waals surface area contributed by atoms with Crippen molar-refractivity contribution in [3.8, 4) is 0 Å². The van der Waals surface area contributed by atoms with Crippen LogP contribution in [0.3, 0.4) is 0 Å². The Morgan fingerprint density at radius 3 is 2.90 bits per heavy atom. The Morgan fingerprint density at radius 1 is 1.33 bits per heavy atom. The van der Waals surface area contributed by atoms with Crippen molar-refractivity contribution in [3.63, 3.8) is 0 Å². The molecule has 1 amide bonds. The van der Waals surface area contributed by atoms with E-state index in [4.69, 9.17) is 9.72 Å². The highest BCUT2D eigenvalue weighted by molar-refractivity contribution is 7.18. The van der Waals surface area contributed by atoms with E-state index in [0.717, 1.165) is 67.7 Å². The van der Waals surface area contributed by atoms with Gasteiger partial charge in [-0.15, -0.1) is 11.3 Å². The fourth-order valence-electron chi connectivity index (χ4n) is 4.43. The minimum absolute atomic E-state index is 0.00473. The van der Waals surface area contributed by atoms with E-state index in [1.165, 1.54) is 10.4 Å². The lowest BCUT2D eigenvalue weighted by molar-refractivity contribution is -0.126. The molecule has 1 fully saturated rings. The van der Waals surface area contributed by atoms with Crippen LogP contribution in [-0.4, -0.2) is 53.1 Å². The molecule has 0 unspecified atom stereocenters. The molecule has 30 heavy (non-hydrogen) atoms. The summed E-state index contributed by atoms with van der Waals surface area (Å²) >= 11 is 1.68. The van der Waals surface area contributed by atoms with Crippen molar-refractivity contribution in [1.29, 1.82) is 0 Å². The number of hydrogen-bond donors (Lipinski definition) is 2. The number of rotatable bonds is 8. The Balaban J connectivity index is 1.26. The van der Waals surface area contributed by atoms with Crippen molar-refractivity contribution in [2.45, 2.75) is 65.0 Å². The number of carbonyl (C=O) groups excluding carboxylic acids is 1. The molecular weight excluding hydrogens is 400 g/mol. The number of aromatic nitrogens is 2. The molecular formula is C22H32N4O3S. The predicted octanol–water partition coefficient (Wildman–Crippen LogP) is 2.62. The Hall–Kier alpha value is -1.77. The molecule has 1 aliphatic carbocycles. The molecule has 0 atom stereocenters. The van der Waals surface area contributed by atoms with Crippen LogP contribution in [0, 0.1) is 5.92 Å². The summed E-state index contributed by atoms with van der Waals surface area (Å²) < 4.78 is 5.50. The summed E-state index contributed by atoms with van der Waals surface area (Å²) in [7, 11) is 0. The number of thiophene rings is 1. The highest BCUT2D eigenvalue weighted by Gasteiger charge is 2.26. The van der Waals surface area contributed by atoms with Crippen LogP contribution >= 0.6 is 11.3 Å². The van der Waals surface area contributed by atoms with Gasteiger partial charge in [-0.3, -0.25) is 14.5 Å². The maximum absolute atomic E-state index is 12.6. The third-order valence-electron chi connectivity index (χ3n) is 6.03. The molecule has 4 rings (SSSR count). The Bertz CT molecular complexity index is 944. The number of hydrogen-bond acceptors (Lipinski definition) is 6. The molecule has 1 aliphatic heterocycles. The largest absolute Gasteiger partial charge is 0.379 e. The molecule has 0 saturated carbocycles. The van der Waals surface area contributed by atoms with Crippen LogP contribution in [0.4, 0.5) is 0 Å². The minimum atomic E-state index is 0.00473. The smallest absolute Gasteiger partial charge is 0.259 e. The molecule has 1 saturated heterocycles. The lowest BCUT2D eigenvalue weighted by Crippen LogP contribution is -2.41. The molecule has 0 aromatic carbocycles. The summed E-state index contributed by atoms with van der Waals surface area (Å²) in [4.78, 5) is 37.3. The van der Waals surface area contributed by atoms with Gasteiger partial charge < -0.3 is 15.0 Å². The monoisotopic (exact) mass is 432 g/mol. The number of fused-ring (bicyclic) bond motifs is 3. The van der Waals surface area contributed by atoms with Gasteiger partial charge >= 0.3 is 0 Å². The quantitative estimate of drug-likeness (QED) is 0.626. The Kier molecular flexibility index (Phi) is 6.85. The number of carbonyl (C=O) groups is 1. The zero-order valence-corrected chi connectivity index (χ0v) is 18.8. The summed E-state index contributed by atoms with van der Waals surface area (Å²) in [5.74, 6) is 0.961. The van der Waals surface area contributed by atoms with E-state index >= 15 is 0 Å². The van der Waals surface area contributed by atoms with Gasteiger partial charge in [-0.25, -0.2) is 4.98 Å². The number of ether oxygens (including phenoxy) is 1. The van der Waals surface area contributed by atoms with Gasteiger partial charge in [0.25, 0.3) is 5.56 Å². The number of H-pyrrole nitrogens is 1. The van der Waals surface area contributed by atoms with E-state index in [9.17, 15) is 9.59 Å². The zero-order valence-electron chi connectivity index (χ0n) is 18.0. The van der Waals surface area contributed by atoms with Gasteiger partial charge in [0.1, 0.15) is 10.7 Å². The molecule has 8 heteroatoms. The second-order valence-electron chi connectivity index (χ2n) is 8.66. The van der Waals surface area contributed by atoms with Crippen LogP contribution in [0.5, 0.6) is 0 Å². The number of likely N-dealkylation sites (tertiary alicyclic amines) is 1. The molecule has 0 spiro atoms. The van der Waals surface area contributed by atoms with Crippen molar-refractivity contribution in [3.05, 3.63) is 26.6 Å². The first-order chi connectivity index (χ1) is 14.5. The average molecular weight is 433 g/mol. The van der Waals surface area contributed by atoms with Crippen molar-refractivity contribution < 1.29 is 9.53 Å². The van der Waals surface area contributed by atoms with Gasteiger partial charge in [0.2, 0.25) is 5.91 Å². The Labute approximate surface area is 181 Å². The minimum Gasteiger partial charge on any atom is -0.379 e. The van der Waals surface area contributed by atoms with Crippen LogP contribution in [-0.2, 0) is 28.9 Å². The molecule has 7 nitrogen and oxygen atoms in total. The van der Waals surface area contributed by atoms with Gasteiger partial charge in [0.15, 0.2) is 0 Å². The molecule has 3 heterocycles. The predicted molar refractivity (Wildman–Crippen MR) is 119 cm³/mol. The first-order valence-corrected chi connectivity index (χ1v) is 12.0. The third kappa shape index (κ3) is 4.92. The fourth-order valence-corrected chi connectivity index (χ4v) is 5.71. The fraction of sp³-hybridized carbons (Fsp3) is 0.682. The number of amides is 1. The van der Waals surface area contributed by atoms with Crippen LogP contribution < -0.4 is 10.9 Å². The Morgan fingerprint density at radius 2 is 2.13 bits per heavy atom. The van der Waals surface area contributed by atoms with E-state index < -0.39 is 0 Å². The van der Waals surface area contributed by atoms with Crippen LogP contribution in [0.2, 0.25) is 0 Å². The first-order valence-electron chi connectivity index (χ1n) is 11.2. The molecule has 2 N–H and O–H groups in total. The van der Waals surface area contributed by atoms with Crippen molar-refractivity contribution in [2.24, 2.45) is 5.92 Å². The number of piperidine rings is 1. The number of nitrogens with one attached hydrogen (secondary N) is 2. The lowest BCUT2D eigenvalue weighted by Gasteiger charge is -2.30. The number of aryl methyl sites for hydroxylation is 2. The van der Waals surface area contributed by atoms with E-state index in [-0.39, 0.29) is 23.5 Å².